The fourth-order valence-electron chi connectivity index (χ4n) is 4.03. The van der Waals surface area contributed by atoms with Gasteiger partial charge in [0.15, 0.2) is 0 Å². The van der Waals surface area contributed by atoms with Crippen molar-refractivity contribution < 1.29 is 14.3 Å². The summed E-state index contributed by atoms with van der Waals surface area (Å²) in [6, 6.07) is 25.4. The van der Waals surface area contributed by atoms with E-state index in [-0.39, 0.29) is 18.0 Å². The number of carbonyl (C=O) groups excluding carboxylic acids is 1. The second-order valence-corrected chi connectivity index (χ2v) is 8.16. The van der Waals surface area contributed by atoms with E-state index in [2.05, 4.69) is 15.2 Å². The molecule has 3 aromatic rings. The normalized spacial score (nSPS) is 16.1. The molecule has 1 aliphatic rings. The molecule has 2 atom stereocenters. The van der Waals surface area contributed by atoms with Crippen LogP contribution in [0.1, 0.15) is 22.9 Å². The number of nitrogens with one attached hydrogen (secondary N) is 1. The molecule has 2 aromatic carbocycles. The number of ether oxygens (including phenoxy) is 2. The van der Waals surface area contributed by atoms with Crippen LogP contribution >= 0.6 is 0 Å². The summed E-state index contributed by atoms with van der Waals surface area (Å²) in [6.07, 6.45) is 2.41. The Morgan fingerprint density at radius 2 is 1.67 bits per heavy atom. The molecule has 2 heterocycles. The van der Waals surface area contributed by atoms with E-state index in [0.29, 0.717) is 45.9 Å². The molecular formula is C27H31N3O3. The number of hydrogen-bond acceptors (Lipinski definition) is 5. The van der Waals surface area contributed by atoms with Crippen molar-refractivity contribution >= 4 is 5.91 Å². The summed E-state index contributed by atoms with van der Waals surface area (Å²) in [5.74, 6) is -0.0326. The minimum Gasteiger partial charge on any atom is -0.379 e. The van der Waals surface area contributed by atoms with Gasteiger partial charge >= 0.3 is 0 Å². The van der Waals surface area contributed by atoms with Crippen LogP contribution < -0.4 is 5.32 Å². The monoisotopic (exact) mass is 445 g/mol. The molecule has 1 amide bonds. The van der Waals surface area contributed by atoms with Crippen molar-refractivity contribution in [2.45, 2.75) is 25.1 Å². The quantitative estimate of drug-likeness (QED) is 0.518. The maximum atomic E-state index is 13.6. The molecule has 1 fully saturated rings. The molecule has 1 saturated heterocycles. The maximum absolute atomic E-state index is 13.6. The molecular weight excluding hydrogens is 414 g/mol. The minimum atomic E-state index is -0.382. The van der Waals surface area contributed by atoms with E-state index in [0.717, 1.165) is 16.8 Å². The first kappa shape index (κ1) is 23.1. The Morgan fingerprint density at radius 3 is 2.36 bits per heavy atom. The van der Waals surface area contributed by atoms with E-state index >= 15 is 0 Å². The lowest BCUT2D eigenvalue weighted by atomic mass is 10.0. The summed E-state index contributed by atoms with van der Waals surface area (Å²) in [6.45, 7) is 3.47. The molecule has 1 N–H and O–H groups in total. The van der Waals surface area contributed by atoms with Crippen LogP contribution in [0.3, 0.4) is 0 Å². The first-order valence-electron chi connectivity index (χ1n) is 11.5. The number of carbonyl (C=O) groups is 1. The fraction of sp³-hybridized carbons (Fsp3) is 0.333. The summed E-state index contributed by atoms with van der Waals surface area (Å²) in [4.78, 5) is 20.2. The van der Waals surface area contributed by atoms with Crippen LogP contribution in [0.25, 0.3) is 0 Å². The van der Waals surface area contributed by atoms with Crippen molar-refractivity contribution in [1.29, 1.82) is 0 Å². The van der Waals surface area contributed by atoms with Gasteiger partial charge in [-0.25, -0.2) is 0 Å². The van der Waals surface area contributed by atoms with Gasteiger partial charge in [0.2, 0.25) is 5.91 Å². The van der Waals surface area contributed by atoms with Crippen LogP contribution in [-0.2, 0) is 27.3 Å². The average Bonchev–Trinajstić information content (AvgIpc) is 2.88. The molecule has 6 heteroatoms. The highest BCUT2D eigenvalue weighted by atomic mass is 16.5. The summed E-state index contributed by atoms with van der Waals surface area (Å²) in [5.41, 5.74) is 3.09. The number of hydrogen-bond donors (Lipinski definition) is 1. The van der Waals surface area contributed by atoms with Gasteiger partial charge in [-0.2, -0.15) is 0 Å². The van der Waals surface area contributed by atoms with Crippen LogP contribution in [0.15, 0.2) is 85.1 Å². The number of morpholine rings is 1. The largest absolute Gasteiger partial charge is 0.379 e. The van der Waals surface area contributed by atoms with Crippen LogP contribution in [0.2, 0.25) is 0 Å². The predicted octanol–water partition coefficient (Wildman–Crippen LogP) is 3.40. The number of rotatable bonds is 10. The molecule has 172 valence electrons. The van der Waals surface area contributed by atoms with Gasteiger partial charge in [-0.15, -0.1) is 0 Å². The van der Waals surface area contributed by atoms with Gasteiger partial charge < -0.3 is 14.8 Å². The highest BCUT2D eigenvalue weighted by Crippen LogP contribution is 2.19. The first-order valence-corrected chi connectivity index (χ1v) is 11.5. The second kappa shape index (κ2) is 12.3. The Kier molecular flexibility index (Phi) is 8.58. The average molecular weight is 446 g/mol. The zero-order valence-corrected chi connectivity index (χ0v) is 18.8. The van der Waals surface area contributed by atoms with Gasteiger partial charge in [-0.3, -0.25) is 14.7 Å². The number of nitrogens with zero attached hydrogens (tertiary/aromatic N) is 2. The lowest BCUT2D eigenvalue weighted by molar-refractivity contribution is -0.132. The molecule has 1 aromatic heterocycles. The van der Waals surface area contributed by atoms with Crippen molar-refractivity contribution in [3.63, 3.8) is 0 Å². The SMILES string of the molecule is O=C(NC(Cc1ccccn1)c1ccccc1)C(COCc1ccccc1)N1CCOCC1. The Labute approximate surface area is 195 Å². The molecule has 0 spiro atoms. The smallest absolute Gasteiger partial charge is 0.240 e. The first-order chi connectivity index (χ1) is 16.3. The predicted molar refractivity (Wildman–Crippen MR) is 128 cm³/mol. The molecule has 0 radical (unpaired) electrons. The highest BCUT2D eigenvalue weighted by molar-refractivity contribution is 5.82. The molecule has 33 heavy (non-hydrogen) atoms. The van der Waals surface area contributed by atoms with Gasteiger partial charge in [0.05, 0.1) is 32.5 Å². The lowest BCUT2D eigenvalue weighted by Gasteiger charge is -2.34. The fourth-order valence-corrected chi connectivity index (χ4v) is 4.03. The molecule has 0 saturated carbocycles. The van der Waals surface area contributed by atoms with Crippen molar-refractivity contribution in [2.24, 2.45) is 0 Å². The molecule has 4 rings (SSSR count). The summed E-state index contributed by atoms with van der Waals surface area (Å²) in [5, 5.41) is 3.29. The maximum Gasteiger partial charge on any atom is 0.240 e. The molecule has 0 aliphatic carbocycles. The van der Waals surface area contributed by atoms with Crippen molar-refractivity contribution in [1.82, 2.24) is 15.2 Å². The Hall–Kier alpha value is -3.06. The third kappa shape index (κ3) is 6.96. The topological polar surface area (TPSA) is 63.7 Å². The Bertz CT molecular complexity index is 964. The van der Waals surface area contributed by atoms with E-state index in [1.165, 1.54) is 0 Å². The van der Waals surface area contributed by atoms with Crippen LogP contribution in [0.5, 0.6) is 0 Å². The molecule has 1 aliphatic heterocycles. The minimum absolute atomic E-state index is 0.0326. The third-order valence-electron chi connectivity index (χ3n) is 5.83. The van der Waals surface area contributed by atoms with Crippen LogP contribution in [0.4, 0.5) is 0 Å². The van der Waals surface area contributed by atoms with E-state index < -0.39 is 0 Å². The number of aromatic nitrogens is 1. The van der Waals surface area contributed by atoms with Crippen molar-refractivity contribution in [3.05, 3.63) is 102 Å². The highest BCUT2D eigenvalue weighted by Gasteiger charge is 2.29. The van der Waals surface area contributed by atoms with Crippen LogP contribution in [-0.4, -0.2) is 54.7 Å². The van der Waals surface area contributed by atoms with Crippen molar-refractivity contribution in [3.8, 4) is 0 Å². The van der Waals surface area contributed by atoms with Crippen LogP contribution in [0, 0.1) is 0 Å². The van der Waals surface area contributed by atoms with E-state index in [1.54, 1.807) is 6.20 Å². The number of amides is 1. The van der Waals surface area contributed by atoms with E-state index in [1.807, 2.05) is 78.9 Å². The van der Waals surface area contributed by atoms with Gasteiger partial charge in [0.1, 0.15) is 6.04 Å². The summed E-state index contributed by atoms with van der Waals surface area (Å²) in [7, 11) is 0. The van der Waals surface area contributed by atoms with E-state index in [9.17, 15) is 4.79 Å². The zero-order valence-electron chi connectivity index (χ0n) is 18.8. The van der Waals surface area contributed by atoms with Gasteiger partial charge in [0.25, 0.3) is 0 Å². The molecule has 2 unspecified atom stereocenters. The van der Waals surface area contributed by atoms with E-state index in [4.69, 9.17) is 9.47 Å². The molecule has 0 bridgehead atoms. The molecule has 6 nitrogen and oxygen atoms in total. The van der Waals surface area contributed by atoms with Gasteiger partial charge in [0, 0.05) is 31.4 Å². The summed E-state index contributed by atoms with van der Waals surface area (Å²) < 4.78 is 11.5. The third-order valence-corrected chi connectivity index (χ3v) is 5.83. The number of benzene rings is 2. The second-order valence-electron chi connectivity index (χ2n) is 8.16. The van der Waals surface area contributed by atoms with Gasteiger partial charge in [-0.05, 0) is 23.3 Å². The standard InChI is InChI=1S/C27H31N3O3/c31-27(29-25(23-11-5-2-6-12-23)19-24-13-7-8-14-28-24)26(30-15-17-32-18-16-30)21-33-20-22-9-3-1-4-10-22/h1-14,25-26H,15-21H2,(H,29,31). The number of pyridine rings is 1. The van der Waals surface area contributed by atoms with Gasteiger partial charge in [-0.1, -0.05) is 66.7 Å². The Morgan fingerprint density at radius 1 is 0.970 bits per heavy atom. The lowest BCUT2D eigenvalue weighted by Crippen LogP contribution is -2.54. The van der Waals surface area contributed by atoms with Crippen molar-refractivity contribution in [2.75, 3.05) is 32.9 Å². The Balaban J connectivity index is 1.47. The zero-order chi connectivity index (χ0) is 22.7. The summed E-state index contributed by atoms with van der Waals surface area (Å²) >= 11 is 0.